The van der Waals surface area contributed by atoms with E-state index in [0.717, 1.165) is 0 Å². The molecule has 0 amide bonds. The van der Waals surface area contributed by atoms with Gasteiger partial charge in [-0.2, -0.15) is 0 Å². The summed E-state index contributed by atoms with van der Waals surface area (Å²) in [6.07, 6.45) is 0.332. The molecule has 0 N–H and O–H groups in total. The second kappa shape index (κ2) is 6.30. The summed E-state index contributed by atoms with van der Waals surface area (Å²) in [5.74, 6) is 0. The largest absolute Gasteiger partial charge is 0.0836 e. The molecule has 0 fully saturated rings. The van der Waals surface area contributed by atoms with E-state index in [1.807, 2.05) is 0 Å². The van der Waals surface area contributed by atoms with Crippen molar-refractivity contribution in [2.75, 3.05) is 0 Å². The maximum Gasteiger partial charge on any atom is 0.0634 e. The molecule has 0 spiro atoms. The van der Waals surface area contributed by atoms with Crippen LogP contribution in [0.5, 0.6) is 0 Å². The van der Waals surface area contributed by atoms with Crippen molar-refractivity contribution in [3.05, 3.63) is 65.5 Å². The molecule has 0 saturated carbocycles. The Morgan fingerprint density at radius 1 is 0.684 bits per heavy atom. The second-order valence-electron chi connectivity index (χ2n) is 3.69. The smallest absolute Gasteiger partial charge is 0.0634 e. The van der Waals surface area contributed by atoms with Crippen LogP contribution in [0, 0.1) is 12.1 Å². The minimum atomic E-state index is 0.332. The number of hydrogen-bond donors (Lipinski definition) is 0. The highest BCUT2D eigenvalue weighted by atomic mass is 35.5. The third-order valence-corrected chi connectivity index (χ3v) is 4.41. The molecule has 0 atom stereocenters. The molecular weight excluding hydrogens is 369 g/mol. The Balaban J connectivity index is 2.47. The van der Waals surface area contributed by atoms with E-state index in [1.54, 1.807) is 0 Å². The summed E-state index contributed by atoms with van der Waals surface area (Å²) in [7, 11) is 0. The molecule has 0 aliphatic carbocycles. The van der Waals surface area contributed by atoms with Crippen molar-refractivity contribution in [2.45, 2.75) is 6.42 Å². The topological polar surface area (TPSA) is 0 Å². The van der Waals surface area contributed by atoms with Gasteiger partial charge in [0.1, 0.15) is 0 Å². The molecule has 0 bridgehead atoms. The fraction of sp³-hybridized carbons (Fsp3) is 0.0769. The number of hydrogen-bond acceptors (Lipinski definition) is 0. The fourth-order valence-corrected chi connectivity index (χ4v) is 2.87. The van der Waals surface area contributed by atoms with Gasteiger partial charge in [0.2, 0.25) is 0 Å². The summed E-state index contributed by atoms with van der Waals surface area (Å²) in [5.41, 5.74) is 1.21. The van der Waals surface area contributed by atoms with Gasteiger partial charge in [-0.3, -0.25) is 0 Å². The molecule has 2 aromatic rings. The van der Waals surface area contributed by atoms with Gasteiger partial charge in [-0.1, -0.05) is 69.6 Å². The van der Waals surface area contributed by atoms with Crippen molar-refractivity contribution in [3.8, 4) is 0 Å². The summed E-state index contributed by atoms with van der Waals surface area (Å²) < 4.78 is 0. The molecule has 0 aliphatic heterocycles. The van der Waals surface area contributed by atoms with E-state index < -0.39 is 0 Å². The number of halogens is 6. The predicted molar refractivity (Wildman–Crippen MR) is 83.4 cm³/mol. The van der Waals surface area contributed by atoms with Crippen LogP contribution in [0.15, 0.2) is 12.1 Å². The van der Waals surface area contributed by atoms with Crippen LogP contribution in [0.25, 0.3) is 0 Å². The standard InChI is InChI=1S/C13H4Cl6/c14-8-2-6(12(18)10(16)4-8)1-7-3-9(15)5-11(17)13(7)19/h4-5H,1H2. The van der Waals surface area contributed by atoms with Crippen LogP contribution in [-0.4, -0.2) is 0 Å². The van der Waals surface area contributed by atoms with E-state index >= 15 is 0 Å². The molecule has 2 rings (SSSR count). The Labute approximate surface area is 141 Å². The summed E-state index contributed by atoms with van der Waals surface area (Å²) in [5, 5.41) is 2.18. The van der Waals surface area contributed by atoms with Crippen LogP contribution >= 0.6 is 69.6 Å². The van der Waals surface area contributed by atoms with Gasteiger partial charge in [0, 0.05) is 18.6 Å². The van der Waals surface area contributed by atoms with Crippen molar-refractivity contribution in [2.24, 2.45) is 0 Å². The van der Waals surface area contributed by atoms with Crippen LogP contribution in [-0.2, 0) is 6.42 Å². The molecule has 2 radical (unpaired) electrons. The molecule has 0 unspecified atom stereocenters. The van der Waals surface area contributed by atoms with Crippen molar-refractivity contribution < 1.29 is 0 Å². The van der Waals surface area contributed by atoms with E-state index in [9.17, 15) is 0 Å². The molecular formula is C13H4Cl6. The quantitative estimate of drug-likeness (QED) is 0.508. The summed E-state index contributed by atoms with van der Waals surface area (Å²) >= 11 is 35.9. The second-order valence-corrected chi connectivity index (χ2v) is 6.08. The zero-order valence-electron chi connectivity index (χ0n) is 9.13. The Morgan fingerprint density at radius 2 is 1.05 bits per heavy atom. The predicted octanol–water partition coefficient (Wildman–Crippen LogP) is 6.80. The Morgan fingerprint density at radius 3 is 1.42 bits per heavy atom. The van der Waals surface area contributed by atoms with Gasteiger partial charge in [-0.25, -0.2) is 0 Å². The molecule has 0 aromatic heterocycles. The fourth-order valence-electron chi connectivity index (χ4n) is 1.53. The van der Waals surface area contributed by atoms with Crippen LogP contribution in [0.2, 0.25) is 30.1 Å². The first kappa shape index (κ1) is 15.6. The van der Waals surface area contributed by atoms with Gasteiger partial charge in [-0.05, 0) is 23.3 Å². The zero-order chi connectivity index (χ0) is 14.2. The number of rotatable bonds is 2. The van der Waals surface area contributed by atoms with Gasteiger partial charge < -0.3 is 0 Å². The first-order valence-corrected chi connectivity index (χ1v) is 7.26. The van der Waals surface area contributed by atoms with Crippen molar-refractivity contribution in [1.29, 1.82) is 0 Å². The van der Waals surface area contributed by atoms with Crippen LogP contribution in [0.1, 0.15) is 11.1 Å². The van der Waals surface area contributed by atoms with Gasteiger partial charge in [0.25, 0.3) is 0 Å². The maximum atomic E-state index is 6.10. The van der Waals surface area contributed by atoms with Crippen molar-refractivity contribution in [1.82, 2.24) is 0 Å². The normalized spacial score (nSPS) is 10.8. The van der Waals surface area contributed by atoms with E-state index in [1.165, 1.54) is 12.1 Å². The van der Waals surface area contributed by atoms with E-state index in [0.29, 0.717) is 47.7 Å². The zero-order valence-corrected chi connectivity index (χ0v) is 13.7. The van der Waals surface area contributed by atoms with Crippen LogP contribution < -0.4 is 0 Å². The molecule has 0 aliphatic rings. The lowest BCUT2D eigenvalue weighted by molar-refractivity contribution is 1.18. The van der Waals surface area contributed by atoms with Crippen molar-refractivity contribution in [3.63, 3.8) is 0 Å². The highest BCUT2D eigenvalue weighted by Crippen LogP contribution is 2.34. The Hall–Kier alpha value is 0.180. The average Bonchev–Trinajstić information content (AvgIpc) is 2.31. The summed E-state index contributed by atoms with van der Waals surface area (Å²) in [6.45, 7) is 0. The highest BCUT2D eigenvalue weighted by Gasteiger charge is 2.13. The summed E-state index contributed by atoms with van der Waals surface area (Å²) in [4.78, 5) is 0. The Bertz CT molecular complexity index is 580. The average molecular weight is 373 g/mol. The molecule has 19 heavy (non-hydrogen) atoms. The van der Waals surface area contributed by atoms with E-state index in [2.05, 4.69) is 12.1 Å². The van der Waals surface area contributed by atoms with Crippen LogP contribution in [0.3, 0.4) is 0 Å². The molecule has 6 heteroatoms. The highest BCUT2D eigenvalue weighted by molar-refractivity contribution is 6.44. The van der Waals surface area contributed by atoms with E-state index in [4.69, 9.17) is 69.6 Å². The SMILES string of the molecule is Clc1[c]c(Cc2[c]c(Cl)cc(Cl)c2Cl)c(Cl)c(Cl)c1. The lowest BCUT2D eigenvalue weighted by Crippen LogP contribution is -1.93. The first-order valence-electron chi connectivity index (χ1n) is 5.00. The van der Waals surface area contributed by atoms with Gasteiger partial charge >= 0.3 is 0 Å². The molecule has 0 nitrogen and oxygen atoms in total. The molecule has 2 aromatic carbocycles. The lowest BCUT2D eigenvalue weighted by atomic mass is 10.0. The van der Waals surface area contributed by atoms with Crippen molar-refractivity contribution >= 4 is 69.6 Å². The first-order chi connectivity index (χ1) is 8.88. The maximum absolute atomic E-state index is 6.10. The molecule has 0 saturated heterocycles. The lowest BCUT2D eigenvalue weighted by Gasteiger charge is -2.09. The minimum Gasteiger partial charge on any atom is -0.0836 e. The van der Waals surface area contributed by atoms with Gasteiger partial charge in [0.05, 0.1) is 30.1 Å². The third-order valence-electron chi connectivity index (χ3n) is 2.35. The molecule has 98 valence electrons. The molecule has 0 heterocycles. The Kier molecular flexibility index (Phi) is 5.16. The third kappa shape index (κ3) is 3.64. The van der Waals surface area contributed by atoms with Gasteiger partial charge in [-0.15, -0.1) is 0 Å². The monoisotopic (exact) mass is 370 g/mol. The summed E-state index contributed by atoms with van der Waals surface area (Å²) in [6, 6.07) is 8.87. The minimum absolute atomic E-state index is 0.332. The van der Waals surface area contributed by atoms with Gasteiger partial charge in [0.15, 0.2) is 0 Å². The van der Waals surface area contributed by atoms with E-state index in [-0.39, 0.29) is 0 Å². The van der Waals surface area contributed by atoms with Crippen LogP contribution in [0.4, 0.5) is 0 Å². The number of benzene rings is 2.